The van der Waals surface area contributed by atoms with Gasteiger partial charge in [-0.3, -0.25) is 4.79 Å². The average molecular weight is 191 g/mol. The summed E-state index contributed by atoms with van der Waals surface area (Å²) in [7, 11) is 0. The molecule has 0 aliphatic rings. The Balaban J connectivity index is 0. The summed E-state index contributed by atoms with van der Waals surface area (Å²) in [6, 6.07) is 12.0. The van der Waals surface area contributed by atoms with Gasteiger partial charge in [0.25, 0.3) is 0 Å². The summed E-state index contributed by atoms with van der Waals surface area (Å²) in [5.41, 5.74) is 0. The third-order valence-electron chi connectivity index (χ3n) is 0.667. The first-order chi connectivity index (χ1) is 4.73. The highest BCUT2D eigenvalue weighted by Crippen LogP contribution is 1.79. The van der Waals surface area contributed by atoms with E-state index in [9.17, 15) is 4.79 Å². The third-order valence-corrected chi connectivity index (χ3v) is 0.667. The molecule has 11 heavy (non-hydrogen) atoms. The Morgan fingerprint density at radius 3 is 1.18 bits per heavy atom. The molecule has 0 fully saturated rings. The maximum absolute atomic E-state index is 9.21. The highest BCUT2D eigenvalue weighted by molar-refractivity contribution is 7.59. The molecule has 0 amide bonds. The molecule has 0 spiro atoms. The summed E-state index contributed by atoms with van der Waals surface area (Å²) in [5.74, 6) is 0. The topological polar surface area (TPSA) is 17.1 Å². The van der Waals surface area contributed by atoms with Crippen molar-refractivity contribution in [1.82, 2.24) is 0 Å². The molecule has 0 aliphatic heterocycles. The first-order valence-electron chi connectivity index (χ1n) is 2.89. The quantitative estimate of drug-likeness (QED) is 0.575. The lowest BCUT2D eigenvalue weighted by atomic mass is 10.4. The number of hydrogen-bond acceptors (Lipinski definition) is 1. The van der Waals surface area contributed by atoms with Gasteiger partial charge in [-0.2, -0.15) is 13.5 Å². The number of rotatable bonds is 0. The molecule has 0 heterocycles. The van der Waals surface area contributed by atoms with Gasteiger partial charge < -0.3 is 0 Å². The van der Waals surface area contributed by atoms with Gasteiger partial charge in [-0.05, 0) is 11.6 Å². The van der Waals surface area contributed by atoms with Crippen molar-refractivity contribution >= 4 is 30.3 Å². The molecule has 1 aromatic rings. The number of benzene rings is 1. The Morgan fingerprint density at radius 2 is 1.09 bits per heavy atom. The smallest absolute Gasteiger partial charge is 0.218 e. The van der Waals surface area contributed by atoms with Crippen molar-refractivity contribution in [1.29, 1.82) is 0 Å². The minimum atomic E-state index is -0.361. The zero-order valence-electron chi connectivity index (χ0n) is 6.25. The standard InChI is InChI=1S/C6H6.C2H3ClO.H2S/c1-2-4-6-5-3-1;1-2(3)4;/h1-6H;1H3;1H2. The second-order valence-electron chi connectivity index (χ2n) is 1.62. The Bertz CT molecular complexity index is 146. The fourth-order valence-corrected chi connectivity index (χ4v) is 0.385. The highest BCUT2D eigenvalue weighted by Gasteiger charge is 1.67. The fraction of sp³-hybridized carbons (Fsp3) is 0.125. The molecule has 0 saturated carbocycles. The highest BCUT2D eigenvalue weighted by atomic mass is 35.5. The van der Waals surface area contributed by atoms with Crippen LogP contribution in [0.1, 0.15) is 6.92 Å². The minimum Gasteiger partial charge on any atom is -0.282 e. The number of hydrogen-bond donors (Lipinski definition) is 0. The van der Waals surface area contributed by atoms with Crippen LogP contribution in [0.25, 0.3) is 0 Å². The lowest BCUT2D eigenvalue weighted by Crippen LogP contribution is -1.62. The van der Waals surface area contributed by atoms with Crippen LogP contribution in [0.4, 0.5) is 0 Å². The van der Waals surface area contributed by atoms with Crippen LogP contribution in [-0.4, -0.2) is 5.24 Å². The Hall–Kier alpha value is -0.470. The zero-order valence-corrected chi connectivity index (χ0v) is 8.01. The molecule has 3 heteroatoms. The summed E-state index contributed by atoms with van der Waals surface area (Å²) >= 11 is 4.64. The van der Waals surface area contributed by atoms with Gasteiger partial charge in [0.15, 0.2) is 0 Å². The molecule has 0 atom stereocenters. The van der Waals surface area contributed by atoms with E-state index in [1.54, 1.807) is 0 Å². The van der Waals surface area contributed by atoms with E-state index in [1.165, 1.54) is 6.92 Å². The van der Waals surface area contributed by atoms with Crippen molar-refractivity contribution in [3.05, 3.63) is 36.4 Å². The van der Waals surface area contributed by atoms with E-state index >= 15 is 0 Å². The van der Waals surface area contributed by atoms with Crippen LogP contribution in [-0.2, 0) is 4.79 Å². The molecule has 0 aromatic heterocycles. The predicted molar refractivity (Wildman–Crippen MR) is 53.4 cm³/mol. The van der Waals surface area contributed by atoms with Crippen LogP contribution >= 0.6 is 25.1 Å². The lowest BCUT2D eigenvalue weighted by Gasteiger charge is -1.69. The second kappa shape index (κ2) is 9.53. The molecule has 62 valence electrons. The summed E-state index contributed by atoms with van der Waals surface area (Å²) < 4.78 is 0. The normalized spacial score (nSPS) is 6.73. The second-order valence-corrected chi connectivity index (χ2v) is 2.16. The Morgan fingerprint density at radius 1 is 1.00 bits per heavy atom. The van der Waals surface area contributed by atoms with Crippen molar-refractivity contribution in [2.75, 3.05) is 0 Å². The monoisotopic (exact) mass is 190 g/mol. The van der Waals surface area contributed by atoms with Gasteiger partial charge in [0.1, 0.15) is 0 Å². The zero-order chi connectivity index (χ0) is 7.82. The number of halogens is 1. The third kappa shape index (κ3) is 17.7. The van der Waals surface area contributed by atoms with Crippen LogP contribution < -0.4 is 0 Å². The number of carbonyl (C=O) groups excluding carboxylic acids is 1. The van der Waals surface area contributed by atoms with Crippen molar-refractivity contribution in [2.45, 2.75) is 6.92 Å². The Kier molecular flexibility index (Phi) is 11.4. The van der Waals surface area contributed by atoms with Gasteiger partial charge in [0.05, 0.1) is 0 Å². The predicted octanol–water partition coefficient (Wildman–Crippen LogP) is 2.57. The first kappa shape index (κ1) is 13.1. The van der Waals surface area contributed by atoms with E-state index in [2.05, 4.69) is 11.6 Å². The van der Waals surface area contributed by atoms with Crippen LogP contribution in [0.15, 0.2) is 36.4 Å². The molecule has 1 nitrogen and oxygen atoms in total. The van der Waals surface area contributed by atoms with Gasteiger partial charge in [-0.1, -0.05) is 36.4 Å². The van der Waals surface area contributed by atoms with Crippen LogP contribution in [0, 0.1) is 0 Å². The van der Waals surface area contributed by atoms with Gasteiger partial charge >= 0.3 is 0 Å². The van der Waals surface area contributed by atoms with Gasteiger partial charge in [-0.25, -0.2) is 0 Å². The summed E-state index contributed by atoms with van der Waals surface area (Å²) in [5, 5.41) is -0.361. The number of carbonyl (C=O) groups is 1. The minimum absolute atomic E-state index is 0. The van der Waals surface area contributed by atoms with Crippen LogP contribution in [0.5, 0.6) is 0 Å². The van der Waals surface area contributed by atoms with Crippen molar-refractivity contribution in [2.24, 2.45) is 0 Å². The molecule has 0 saturated heterocycles. The SMILES string of the molecule is CC(=O)Cl.S.c1ccccc1. The van der Waals surface area contributed by atoms with Crippen molar-refractivity contribution in [3.8, 4) is 0 Å². The van der Waals surface area contributed by atoms with Crippen LogP contribution in [0.2, 0.25) is 0 Å². The molecular weight excluding hydrogens is 180 g/mol. The van der Waals surface area contributed by atoms with E-state index in [4.69, 9.17) is 0 Å². The molecule has 1 aromatic carbocycles. The largest absolute Gasteiger partial charge is 0.282 e. The molecule has 1 rings (SSSR count). The molecule has 0 N–H and O–H groups in total. The van der Waals surface area contributed by atoms with Gasteiger partial charge in [-0.15, -0.1) is 0 Å². The fourth-order valence-electron chi connectivity index (χ4n) is 0.385. The summed E-state index contributed by atoms with van der Waals surface area (Å²) in [4.78, 5) is 9.21. The van der Waals surface area contributed by atoms with Crippen molar-refractivity contribution < 1.29 is 4.79 Å². The van der Waals surface area contributed by atoms with E-state index in [0.29, 0.717) is 0 Å². The van der Waals surface area contributed by atoms with E-state index in [1.807, 2.05) is 36.4 Å². The average Bonchev–Trinajstić information content (AvgIpc) is 1.90. The molecule has 0 bridgehead atoms. The lowest BCUT2D eigenvalue weighted by molar-refractivity contribution is -0.109. The summed E-state index contributed by atoms with van der Waals surface area (Å²) in [6.45, 7) is 1.29. The van der Waals surface area contributed by atoms with Gasteiger partial charge in [0.2, 0.25) is 5.24 Å². The van der Waals surface area contributed by atoms with E-state index < -0.39 is 0 Å². The van der Waals surface area contributed by atoms with Gasteiger partial charge in [0, 0.05) is 6.92 Å². The molecule has 0 unspecified atom stereocenters. The maximum atomic E-state index is 9.21. The maximum Gasteiger partial charge on any atom is 0.218 e. The Labute approximate surface area is 78.8 Å². The van der Waals surface area contributed by atoms with E-state index in [-0.39, 0.29) is 18.7 Å². The molecular formula is C8H11ClOS. The van der Waals surface area contributed by atoms with E-state index in [0.717, 1.165) is 0 Å². The summed E-state index contributed by atoms with van der Waals surface area (Å²) in [6.07, 6.45) is 0. The van der Waals surface area contributed by atoms with Crippen LogP contribution in [0.3, 0.4) is 0 Å². The molecule has 0 radical (unpaired) electrons. The van der Waals surface area contributed by atoms with Crippen molar-refractivity contribution in [3.63, 3.8) is 0 Å². The first-order valence-corrected chi connectivity index (χ1v) is 3.27. The molecule has 0 aliphatic carbocycles.